The van der Waals surface area contributed by atoms with Crippen molar-refractivity contribution in [2.75, 3.05) is 5.73 Å². The van der Waals surface area contributed by atoms with Crippen LogP contribution in [0, 0.1) is 0 Å². The Morgan fingerprint density at radius 2 is 1.53 bits per heavy atom. The molecule has 0 aliphatic carbocycles. The molecule has 19 heavy (non-hydrogen) atoms. The summed E-state index contributed by atoms with van der Waals surface area (Å²) in [4.78, 5) is 0. The highest BCUT2D eigenvalue weighted by Gasteiger charge is 2.51. The zero-order chi connectivity index (χ0) is 14.3. The summed E-state index contributed by atoms with van der Waals surface area (Å²) in [5.41, 5.74) is 7.27. The summed E-state index contributed by atoms with van der Waals surface area (Å²) >= 11 is 0. The predicted octanol–water partition coefficient (Wildman–Crippen LogP) is 3.46. The number of hydrogen-bond donors (Lipinski definition) is 1. The third-order valence-corrected chi connectivity index (χ3v) is 4.35. The maximum atomic E-state index is 6.03. The van der Waals surface area contributed by atoms with E-state index in [1.807, 2.05) is 12.1 Å². The third-order valence-electron chi connectivity index (χ3n) is 4.35. The lowest BCUT2D eigenvalue weighted by atomic mass is 9.75. The topological polar surface area (TPSA) is 44.5 Å². The molecule has 1 aliphatic rings. The van der Waals surface area contributed by atoms with Crippen LogP contribution in [-0.2, 0) is 9.31 Å². The molecule has 1 atom stereocenters. The van der Waals surface area contributed by atoms with Crippen LogP contribution in [0.5, 0.6) is 0 Å². The van der Waals surface area contributed by atoms with E-state index in [9.17, 15) is 0 Å². The quantitative estimate of drug-likeness (QED) is 0.669. The van der Waals surface area contributed by atoms with Gasteiger partial charge in [0, 0.05) is 5.69 Å². The maximum Gasteiger partial charge on any atom is 0.458 e. The van der Waals surface area contributed by atoms with E-state index in [0.717, 1.165) is 12.0 Å². The number of anilines is 1. The molecule has 0 radical (unpaired) electrons. The molecular weight excluding hydrogens is 237 g/mol. The van der Waals surface area contributed by atoms with Crippen LogP contribution in [0.2, 0.25) is 6.32 Å². The van der Waals surface area contributed by atoms with Crippen molar-refractivity contribution < 1.29 is 9.31 Å². The minimum Gasteiger partial charge on any atom is -0.403 e. The van der Waals surface area contributed by atoms with Crippen molar-refractivity contribution in [2.45, 2.75) is 58.1 Å². The van der Waals surface area contributed by atoms with Crippen molar-refractivity contribution >= 4 is 12.8 Å². The van der Waals surface area contributed by atoms with Gasteiger partial charge in [-0.25, -0.2) is 0 Å². The molecule has 1 aromatic carbocycles. The lowest BCUT2D eigenvalue weighted by Gasteiger charge is -2.32. The fourth-order valence-corrected chi connectivity index (χ4v) is 2.31. The van der Waals surface area contributed by atoms with Crippen LogP contribution in [0.15, 0.2) is 24.3 Å². The Labute approximate surface area is 116 Å². The van der Waals surface area contributed by atoms with E-state index in [-0.39, 0.29) is 18.3 Å². The zero-order valence-corrected chi connectivity index (χ0v) is 12.6. The van der Waals surface area contributed by atoms with E-state index >= 15 is 0 Å². The highest BCUT2D eigenvalue weighted by molar-refractivity contribution is 6.45. The molecule has 1 unspecified atom stereocenters. The average Bonchev–Trinajstić information content (AvgIpc) is 2.47. The Morgan fingerprint density at radius 1 is 1.05 bits per heavy atom. The molecule has 0 amide bonds. The van der Waals surface area contributed by atoms with Crippen LogP contribution in [0.4, 0.5) is 5.69 Å². The molecule has 1 heterocycles. The Hall–Kier alpha value is -0.995. The van der Waals surface area contributed by atoms with Gasteiger partial charge >= 0.3 is 7.12 Å². The van der Waals surface area contributed by atoms with Crippen molar-refractivity contribution in [1.29, 1.82) is 0 Å². The second-order valence-electron chi connectivity index (χ2n) is 6.49. The number of rotatable bonds is 3. The van der Waals surface area contributed by atoms with Crippen molar-refractivity contribution in [3.8, 4) is 0 Å². The molecule has 1 saturated heterocycles. The number of benzene rings is 1. The number of nitrogen functional groups attached to an aromatic ring is 1. The first-order valence-electron chi connectivity index (χ1n) is 6.92. The lowest BCUT2D eigenvalue weighted by Crippen LogP contribution is -2.41. The van der Waals surface area contributed by atoms with Gasteiger partial charge in [-0.05, 0) is 57.6 Å². The molecule has 2 rings (SSSR count). The van der Waals surface area contributed by atoms with Crippen molar-refractivity contribution in [3.05, 3.63) is 29.8 Å². The summed E-state index contributed by atoms with van der Waals surface area (Å²) < 4.78 is 12.1. The van der Waals surface area contributed by atoms with E-state index in [1.54, 1.807) is 0 Å². The molecule has 2 N–H and O–H groups in total. The monoisotopic (exact) mass is 261 g/mol. The fraction of sp³-hybridized carbons (Fsp3) is 0.600. The summed E-state index contributed by atoms with van der Waals surface area (Å²) in [6.07, 6.45) is 0.858. The Kier molecular flexibility index (Phi) is 3.67. The lowest BCUT2D eigenvalue weighted by molar-refractivity contribution is 0.00578. The van der Waals surface area contributed by atoms with E-state index in [4.69, 9.17) is 15.0 Å². The van der Waals surface area contributed by atoms with Crippen LogP contribution in [-0.4, -0.2) is 18.3 Å². The zero-order valence-electron chi connectivity index (χ0n) is 12.6. The molecule has 0 bridgehead atoms. The summed E-state index contributed by atoms with van der Waals surface area (Å²) in [5, 5.41) is 0. The highest BCUT2D eigenvalue weighted by Crippen LogP contribution is 2.39. The molecule has 1 aliphatic heterocycles. The van der Waals surface area contributed by atoms with Gasteiger partial charge < -0.3 is 15.0 Å². The van der Waals surface area contributed by atoms with Crippen LogP contribution < -0.4 is 5.73 Å². The number of nitrogens with two attached hydrogens (primary N) is 1. The van der Waals surface area contributed by atoms with Crippen molar-refractivity contribution in [2.24, 2.45) is 0 Å². The van der Waals surface area contributed by atoms with Gasteiger partial charge in [0.25, 0.3) is 0 Å². The molecule has 0 aromatic heterocycles. The van der Waals surface area contributed by atoms with Crippen LogP contribution in [0.3, 0.4) is 0 Å². The van der Waals surface area contributed by atoms with Gasteiger partial charge in [-0.3, -0.25) is 0 Å². The van der Waals surface area contributed by atoms with Gasteiger partial charge in [0.05, 0.1) is 11.2 Å². The molecule has 104 valence electrons. The van der Waals surface area contributed by atoms with Gasteiger partial charge in [-0.2, -0.15) is 0 Å². The van der Waals surface area contributed by atoms with Gasteiger partial charge in [0.15, 0.2) is 0 Å². The molecular formula is C15H24BNO2. The van der Waals surface area contributed by atoms with Crippen LogP contribution >= 0.6 is 0 Å². The SMILES string of the molecule is CC(CB1OC(C)(C)C(C)(C)O1)c1ccc(N)cc1. The molecule has 1 fully saturated rings. The van der Waals surface area contributed by atoms with Gasteiger partial charge in [-0.1, -0.05) is 19.1 Å². The summed E-state index contributed by atoms with van der Waals surface area (Å²) in [6, 6.07) is 8.03. The average molecular weight is 261 g/mol. The second kappa shape index (κ2) is 4.84. The minimum absolute atomic E-state index is 0.141. The first-order chi connectivity index (χ1) is 8.71. The molecule has 1 aromatic rings. The molecule has 0 spiro atoms. The third kappa shape index (κ3) is 2.95. The van der Waals surface area contributed by atoms with E-state index in [0.29, 0.717) is 5.92 Å². The van der Waals surface area contributed by atoms with E-state index in [1.165, 1.54) is 5.56 Å². The summed E-state index contributed by atoms with van der Waals surface area (Å²) in [6.45, 7) is 10.5. The maximum absolute atomic E-state index is 6.03. The molecule has 4 heteroatoms. The first-order valence-corrected chi connectivity index (χ1v) is 6.92. The van der Waals surface area contributed by atoms with Crippen LogP contribution in [0.1, 0.15) is 46.1 Å². The van der Waals surface area contributed by atoms with E-state index < -0.39 is 0 Å². The predicted molar refractivity (Wildman–Crippen MR) is 80.2 cm³/mol. The smallest absolute Gasteiger partial charge is 0.403 e. The molecule has 0 saturated carbocycles. The van der Waals surface area contributed by atoms with Crippen LogP contribution in [0.25, 0.3) is 0 Å². The Balaban J connectivity index is 2.01. The largest absolute Gasteiger partial charge is 0.458 e. The van der Waals surface area contributed by atoms with E-state index in [2.05, 4.69) is 46.8 Å². The first kappa shape index (κ1) is 14.4. The number of hydrogen-bond acceptors (Lipinski definition) is 3. The van der Waals surface area contributed by atoms with Gasteiger partial charge in [-0.15, -0.1) is 0 Å². The summed E-state index contributed by atoms with van der Waals surface area (Å²) in [7, 11) is -0.141. The molecule has 3 nitrogen and oxygen atoms in total. The normalized spacial score (nSPS) is 22.5. The standard InChI is InChI=1S/C15H24BNO2/c1-11(12-6-8-13(17)9-7-12)10-16-18-14(2,3)15(4,5)19-16/h6-9,11H,10,17H2,1-5H3. The fourth-order valence-electron chi connectivity index (χ4n) is 2.31. The second-order valence-corrected chi connectivity index (χ2v) is 6.49. The van der Waals surface area contributed by atoms with Gasteiger partial charge in [0.1, 0.15) is 0 Å². The summed E-state index contributed by atoms with van der Waals surface area (Å²) in [5.74, 6) is 0.385. The minimum atomic E-state index is -0.251. The van der Waals surface area contributed by atoms with Crippen molar-refractivity contribution in [1.82, 2.24) is 0 Å². The highest BCUT2D eigenvalue weighted by atomic mass is 16.7. The Bertz CT molecular complexity index is 426. The van der Waals surface area contributed by atoms with Gasteiger partial charge in [0.2, 0.25) is 0 Å². The Morgan fingerprint density at radius 3 is 2.00 bits per heavy atom. The van der Waals surface area contributed by atoms with Crippen molar-refractivity contribution in [3.63, 3.8) is 0 Å².